The molecule has 0 bridgehead atoms. The van der Waals surface area contributed by atoms with Crippen molar-refractivity contribution < 1.29 is 14.4 Å². The third kappa shape index (κ3) is 2.96. The van der Waals surface area contributed by atoms with E-state index in [0.717, 1.165) is 6.20 Å². The molecule has 0 aliphatic rings. The predicted octanol–water partition coefficient (Wildman–Crippen LogP) is 2.71. The van der Waals surface area contributed by atoms with Gasteiger partial charge in [0.15, 0.2) is 11.5 Å². The van der Waals surface area contributed by atoms with E-state index in [1.807, 2.05) is 0 Å². The van der Waals surface area contributed by atoms with Gasteiger partial charge in [-0.2, -0.15) is 0 Å². The lowest BCUT2D eigenvalue weighted by molar-refractivity contribution is -0.400. The van der Waals surface area contributed by atoms with E-state index in [1.165, 1.54) is 20.3 Å². The maximum Gasteiger partial charge on any atom is 0.235 e. The molecular formula is C10H10BrNO4. The lowest BCUT2D eigenvalue weighted by atomic mass is 10.2. The van der Waals surface area contributed by atoms with Gasteiger partial charge in [-0.3, -0.25) is 10.1 Å². The fourth-order valence-electron chi connectivity index (χ4n) is 1.18. The number of benzene rings is 1. The molecule has 0 radical (unpaired) electrons. The lowest BCUT2D eigenvalue weighted by Gasteiger charge is -2.09. The number of nitrogens with zero attached hydrogens (tertiary/aromatic N) is 1. The molecule has 1 aromatic rings. The average Bonchev–Trinajstić information content (AvgIpc) is 2.25. The second-order valence-electron chi connectivity index (χ2n) is 2.84. The van der Waals surface area contributed by atoms with Crippen LogP contribution in [0.4, 0.5) is 0 Å². The quantitative estimate of drug-likeness (QED) is 0.631. The summed E-state index contributed by atoms with van der Waals surface area (Å²) in [5.74, 6) is 1.07. The largest absolute Gasteiger partial charge is 0.493 e. The van der Waals surface area contributed by atoms with Gasteiger partial charge in [0.25, 0.3) is 0 Å². The minimum Gasteiger partial charge on any atom is -0.493 e. The standard InChI is InChI=1S/C10H10BrNO4/c1-15-9-6-7(3-4-12(13)14)5-8(11)10(9)16-2/h3-6H,1-2H3/b4-3+. The van der Waals surface area contributed by atoms with Crippen LogP contribution in [-0.4, -0.2) is 19.1 Å². The molecule has 0 saturated heterocycles. The Kier molecular flexibility index (Phi) is 4.30. The number of rotatable bonds is 4. The van der Waals surface area contributed by atoms with Crippen LogP contribution in [0.25, 0.3) is 6.08 Å². The second kappa shape index (κ2) is 5.50. The van der Waals surface area contributed by atoms with Crippen LogP contribution in [0.3, 0.4) is 0 Å². The Balaban J connectivity index is 3.15. The molecule has 0 saturated carbocycles. The fraction of sp³-hybridized carbons (Fsp3) is 0.200. The fourth-order valence-corrected chi connectivity index (χ4v) is 1.80. The molecule has 6 heteroatoms. The van der Waals surface area contributed by atoms with Crippen molar-refractivity contribution in [2.45, 2.75) is 0 Å². The summed E-state index contributed by atoms with van der Waals surface area (Å²) in [5.41, 5.74) is 0.654. The summed E-state index contributed by atoms with van der Waals surface area (Å²) in [4.78, 5) is 9.66. The number of hydrogen-bond acceptors (Lipinski definition) is 4. The van der Waals surface area contributed by atoms with Crippen molar-refractivity contribution in [1.29, 1.82) is 0 Å². The van der Waals surface area contributed by atoms with Crippen molar-refractivity contribution in [2.75, 3.05) is 14.2 Å². The molecule has 0 spiro atoms. The van der Waals surface area contributed by atoms with Gasteiger partial charge in [-0.1, -0.05) is 0 Å². The van der Waals surface area contributed by atoms with E-state index in [0.29, 0.717) is 21.5 Å². The van der Waals surface area contributed by atoms with Gasteiger partial charge >= 0.3 is 0 Å². The Hall–Kier alpha value is -1.56. The Morgan fingerprint density at radius 3 is 2.56 bits per heavy atom. The lowest BCUT2D eigenvalue weighted by Crippen LogP contribution is -1.92. The number of ether oxygens (including phenoxy) is 2. The summed E-state index contributed by atoms with van der Waals surface area (Å²) in [6, 6.07) is 3.37. The van der Waals surface area contributed by atoms with Crippen molar-refractivity contribution in [3.63, 3.8) is 0 Å². The van der Waals surface area contributed by atoms with Gasteiger partial charge in [0, 0.05) is 6.08 Å². The zero-order valence-electron chi connectivity index (χ0n) is 8.77. The van der Waals surface area contributed by atoms with Gasteiger partial charge < -0.3 is 9.47 Å². The first kappa shape index (κ1) is 12.5. The summed E-state index contributed by atoms with van der Waals surface area (Å²) < 4.78 is 10.9. The van der Waals surface area contributed by atoms with Crippen LogP contribution in [0.15, 0.2) is 22.8 Å². The van der Waals surface area contributed by atoms with E-state index in [9.17, 15) is 10.1 Å². The van der Waals surface area contributed by atoms with Crippen LogP contribution in [0.2, 0.25) is 0 Å². The summed E-state index contributed by atoms with van der Waals surface area (Å²) >= 11 is 3.30. The van der Waals surface area contributed by atoms with E-state index in [4.69, 9.17) is 9.47 Å². The van der Waals surface area contributed by atoms with Gasteiger partial charge in [-0.25, -0.2) is 0 Å². The zero-order chi connectivity index (χ0) is 12.1. The molecule has 1 aromatic carbocycles. The monoisotopic (exact) mass is 287 g/mol. The highest BCUT2D eigenvalue weighted by Gasteiger charge is 2.09. The minimum absolute atomic E-state index is 0.514. The maximum atomic E-state index is 10.2. The van der Waals surface area contributed by atoms with E-state index in [2.05, 4.69) is 15.9 Å². The molecule has 1 rings (SSSR count). The SMILES string of the molecule is COc1cc(/C=C/[N+](=O)[O-])cc(Br)c1OC. The van der Waals surface area contributed by atoms with E-state index >= 15 is 0 Å². The van der Waals surface area contributed by atoms with Gasteiger partial charge in [0.1, 0.15) is 0 Å². The maximum absolute atomic E-state index is 10.2. The first-order valence-corrected chi connectivity index (χ1v) is 5.11. The van der Waals surface area contributed by atoms with Crippen molar-refractivity contribution in [1.82, 2.24) is 0 Å². The summed E-state index contributed by atoms with van der Waals surface area (Å²) in [6.07, 6.45) is 2.25. The third-order valence-electron chi connectivity index (χ3n) is 1.84. The van der Waals surface area contributed by atoms with Gasteiger partial charge in [-0.05, 0) is 33.6 Å². The Morgan fingerprint density at radius 2 is 2.06 bits per heavy atom. The first-order valence-electron chi connectivity index (χ1n) is 4.31. The normalized spacial score (nSPS) is 10.4. The van der Waals surface area contributed by atoms with Crippen LogP contribution >= 0.6 is 15.9 Å². The summed E-state index contributed by atoms with van der Waals surface area (Å²) in [7, 11) is 3.03. The van der Waals surface area contributed by atoms with E-state index in [-0.39, 0.29) is 0 Å². The highest BCUT2D eigenvalue weighted by Crippen LogP contribution is 2.36. The number of methoxy groups -OCH3 is 2. The van der Waals surface area contributed by atoms with Crippen LogP contribution < -0.4 is 9.47 Å². The molecular weight excluding hydrogens is 278 g/mol. The smallest absolute Gasteiger partial charge is 0.235 e. The summed E-state index contributed by atoms with van der Waals surface area (Å²) in [6.45, 7) is 0. The summed E-state index contributed by atoms with van der Waals surface area (Å²) in [5, 5.41) is 10.2. The van der Waals surface area contributed by atoms with Gasteiger partial charge in [0.2, 0.25) is 6.20 Å². The highest BCUT2D eigenvalue weighted by atomic mass is 79.9. The molecule has 5 nitrogen and oxygen atoms in total. The van der Waals surface area contributed by atoms with Crippen molar-refractivity contribution in [2.24, 2.45) is 0 Å². The number of halogens is 1. The molecule has 0 heterocycles. The van der Waals surface area contributed by atoms with E-state index in [1.54, 1.807) is 12.1 Å². The van der Waals surface area contributed by atoms with Crippen molar-refractivity contribution in [3.05, 3.63) is 38.5 Å². The molecule has 0 amide bonds. The molecule has 0 aromatic heterocycles. The second-order valence-corrected chi connectivity index (χ2v) is 3.69. The highest BCUT2D eigenvalue weighted by molar-refractivity contribution is 9.10. The molecule has 0 fully saturated rings. The van der Waals surface area contributed by atoms with Gasteiger partial charge in [-0.15, -0.1) is 0 Å². The number of hydrogen-bond donors (Lipinski definition) is 0. The molecule has 0 unspecified atom stereocenters. The van der Waals surface area contributed by atoms with E-state index < -0.39 is 4.92 Å². The predicted molar refractivity (Wildman–Crippen MR) is 63.3 cm³/mol. The molecule has 0 aliphatic carbocycles. The Labute approximate surface area is 101 Å². The number of nitro groups is 1. The van der Waals surface area contributed by atoms with Crippen LogP contribution in [-0.2, 0) is 0 Å². The minimum atomic E-state index is -0.523. The molecule has 0 aliphatic heterocycles. The molecule has 86 valence electrons. The van der Waals surface area contributed by atoms with Gasteiger partial charge in [0.05, 0.1) is 23.6 Å². The topological polar surface area (TPSA) is 61.6 Å². The van der Waals surface area contributed by atoms with Crippen LogP contribution in [0.5, 0.6) is 11.5 Å². The Bertz CT molecular complexity index is 431. The molecule has 16 heavy (non-hydrogen) atoms. The third-order valence-corrected chi connectivity index (χ3v) is 2.43. The first-order chi connectivity index (χ1) is 7.58. The average molecular weight is 288 g/mol. The zero-order valence-corrected chi connectivity index (χ0v) is 10.4. The van der Waals surface area contributed by atoms with Crippen molar-refractivity contribution in [3.8, 4) is 11.5 Å². The van der Waals surface area contributed by atoms with Crippen molar-refractivity contribution >= 4 is 22.0 Å². The Morgan fingerprint density at radius 1 is 1.38 bits per heavy atom. The molecule has 0 N–H and O–H groups in total. The van der Waals surface area contributed by atoms with Crippen LogP contribution in [0.1, 0.15) is 5.56 Å². The van der Waals surface area contributed by atoms with Crippen LogP contribution in [0, 0.1) is 10.1 Å². The molecule has 0 atom stereocenters.